The van der Waals surface area contributed by atoms with Crippen LogP contribution in [0.1, 0.15) is 11.8 Å². The minimum atomic E-state index is -4.57. The van der Waals surface area contributed by atoms with Crippen LogP contribution >= 0.6 is 27.3 Å². The highest BCUT2D eigenvalue weighted by Gasteiger charge is 2.37. The summed E-state index contributed by atoms with van der Waals surface area (Å²) in [4.78, 5) is 0.597. The van der Waals surface area contributed by atoms with E-state index >= 15 is 0 Å². The molecule has 0 aliphatic carbocycles. The van der Waals surface area contributed by atoms with E-state index in [1.807, 2.05) is 0 Å². The number of sulfonamides is 1. The van der Waals surface area contributed by atoms with Gasteiger partial charge in [0.25, 0.3) is 0 Å². The molecule has 0 aliphatic heterocycles. The first kappa shape index (κ1) is 17.9. The lowest BCUT2D eigenvalue weighted by Gasteiger charge is -2.21. The SMILES string of the molecule is CCN(CC(F)(F)F)S(=O)(=O)c1cc(CNC)sc1Br. The van der Waals surface area contributed by atoms with Crippen molar-refractivity contribution in [3.05, 3.63) is 14.7 Å². The fraction of sp³-hybridized carbons (Fsp3) is 0.600. The lowest BCUT2D eigenvalue weighted by molar-refractivity contribution is -0.135. The Morgan fingerprint density at radius 2 is 2.05 bits per heavy atom. The minimum absolute atomic E-state index is 0.126. The summed E-state index contributed by atoms with van der Waals surface area (Å²) < 4.78 is 62.6. The van der Waals surface area contributed by atoms with E-state index in [1.165, 1.54) is 24.3 Å². The first-order chi connectivity index (χ1) is 9.11. The van der Waals surface area contributed by atoms with Crippen molar-refractivity contribution in [2.24, 2.45) is 0 Å². The van der Waals surface area contributed by atoms with Gasteiger partial charge in [0, 0.05) is 18.0 Å². The van der Waals surface area contributed by atoms with Gasteiger partial charge >= 0.3 is 6.18 Å². The second-order valence-corrected chi connectivity index (χ2v) is 8.29. The van der Waals surface area contributed by atoms with Crippen molar-refractivity contribution in [3.63, 3.8) is 0 Å². The summed E-state index contributed by atoms with van der Waals surface area (Å²) in [6, 6.07) is 1.39. The van der Waals surface area contributed by atoms with Crippen LogP contribution in [0.4, 0.5) is 13.2 Å². The van der Waals surface area contributed by atoms with Gasteiger partial charge in [-0.15, -0.1) is 11.3 Å². The molecule has 0 spiro atoms. The second kappa shape index (κ2) is 6.73. The average Bonchev–Trinajstić information content (AvgIpc) is 2.67. The van der Waals surface area contributed by atoms with Gasteiger partial charge in [-0.3, -0.25) is 0 Å². The van der Waals surface area contributed by atoms with E-state index in [-0.39, 0.29) is 11.4 Å². The highest BCUT2D eigenvalue weighted by atomic mass is 79.9. The molecule has 0 saturated heterocycles. The summed E-state index contributed by atoms with van der Waals surface area (Å²) in [5, 5.41) is 2.86. The molecule has 0 unspecified atom stereocenters. The van der Waals surface area contributed by atoms with Crippen molar-refractivity contribution in [1.29, 1.82) is 0 Å². The van der Waals surface area contributed by atoms with Crippen molar-refractivity contribution in [1.82, 2.24) is 9.62 Å². The Morgan fingerprint density at radius 3 is 2.50 bits per heavy atom. The van der Waals surface area contributed by atoms with Crippen molar-refractivity contribution < 1.29 is 21.6 Å². The van der Waals surface area contributed by atoms with Gasteiger partial charge in [-0.05, 0) is 29.0 Å². The molecule has 116 valence electrons. The number of alkyl halides is 3. The summed E-state index contributed by atoms with van der Waals surface area (Å²) in [5.74, 6) is 0. The van der Waals surface area contributed by atoms with E-state index in [9.17, 15) is 21.6 Å². The number of hydrogen-bond donors (Lipinski definition) is 1. The summed E-state index contributed by atoms with van der Waals surface area (Å²) in [5.41, 5.74) is 0. The van der Waals surface area contributed by atoms with Gasteiger partial charge in [0.05, 0.1) is 3.79 Å². The van der Waals surface area contributed by atoms with Crippen LogP contribution in [-0.2, 0) is 16.6 Å². The molecule has 1 N–H and O–H groups in total. The molecule has 4 nitrogen and oxygen atoms in total. The Hall–Kier alpha value is -0.160. The van der Waals surface area contributed by atoms with Crippen LogP contribution in [0.2, 0.25) is 0 Å². The Morgan fingerprint density at radius 1 is 1.45 bits per heavy atom. The Labute approximate surface area is 128 Å². The third kappa shape index (κ3) is 4.42. The van der Waals surface area contributed by atoms with Gasteiger partial charge in [-0.25, -0.2) is 8.42 Å². The smallest absolute Gasteiger partial charge is 0.315 e. The van der Waals surface area contributed by atoms with Crippen molar-refractivity contribution in [2.75, 3.05) is 20.1 Å². The molecule has 1 aromatic heterocycles. The average molecular weight is 395 g/mol. The van der Waals surface area contributed by atoms with Gasteiger partial charge in [-0.2, -0.15) is 17.5 Å². The van der Waals surface area contributed by atoms with Crippen molar-refractivity contribution in [3.8, 4) is 0 Å². The third-order valence-electron chi connectivity index (χ3n) is 2.38. The van der Waals surface area contributed by atoms with E-state index < -0.39 is 22.7 Å². The Kier molecular flexibility index (Phi) is 6.02. The number of nitrogens with zero attached hydrogens (tertiary/aromatic N) is 1. The zero-order valence-electron chi connectivity index (χ0n) is 10.8. The standard InChI is InChI=1S/C10H14BrF3N2O2S2/c1-3-16(6-10(12,13)14)20(17,18)8-4-7(5-15-2)19-9(8)11/h4,15H,3,5-6H2,1-2H3. The number of halogens is 4. The topological polar surface area (TPSA) is 49.4 Å². The van der Waals surface area contributed by atoms with Gasteiger partial charge in [-0.1, -0.05) is 6.92 Å². The van der Waals surface area contributed by atoms with Crippen LogP contribution < -0.4 is 5.32 Å². The van der Waals surface area contributed by atoms with Crippen LogP contribution in [0, 0.1) is 0 Å². The highest BCUT2D eigenvalue weighted by Crippen LogP contribution is 2.34. The molecule has 20 heavy (non-hydrogen) atoms. The first-order valence-corrected chi connectivity index (χ1v) is 8.66. The maximum Gasteiger partial charge on any atom is 0.402 e. The quantitative estimate of drug-likeness (QED) is 0.806. The van der Waals surface area contributed by atoms with Gasteiger partial charge < -0.3 is 5.32 Å². The molecular weight excluding hydrogens is 381 g/mol. The van der Waals surface area contributed by atoms with E-state index in [0.717, 1.165) is 4.88 Å². The number of thiophene rings is 1. The second-order valence-electron chi connectivity index (χ2n) is 3.93. The summed E-state index contributed by atoms with van der Waals surface area (Å²) in [7, 11) is -2.47. The molecule has 1 heterocycles. The van der Waals surface area contributed by atoms with Crippen molar-refractivity contribution >= 4 is 37.3 Å². The first-order valence-electron chi connectivity index (χ1n) is 5.61. The molecule has 0 saturated carbocycles. The highest BCUT2D eigenvalue weighted by molar-refractivity contribution is 9.11. The lowest BCUT2D eigenvalue weighted by atomic mass is 10.5. The van der Waals surface area contributed by atoms with E-state index in [0.29, 0.717) is 14.6 Å². The molecule has 10 heteroatoms. The normalized spacial score (nSPS) is 13.2. The van der Waals surface area contributed by atoms with Crippen LogP contribution in [0.5, 0.6) is 0 Å². The molecule has 0 aliphatic rings. The molecule has 0 aromatic carbocycles. The van der Waals surface area contributed by atoms with Gasteiger partial charge in [0.2, 0.25) is 10.0 Å². The van der Waals surface area contributed by atoms with E-state index in [1.54, 1.807) is 7.05 Å². The monoisotopic (exact) mass is 394 g/mol. The third-order valence-corrected chi connectivity index (χ3v) is 6.56. The Balaban J connectivity index is 3.14. The summed E-state index contributed by atoms with van der Waals surface area (Å²) >= 11 is 4.28. The van der Waals surface area contributed by atoms with E-state index in [2.05, 4.69) is 21.2 Å². The van der Waals surface area contributed by atoms with Crippen LogP contribution in [0.3, 0.4) is 0 Å². The van der Waals surface area contributed by atoms with Crippen molar-refractivity contribution in [2.45, 2.75) is 24.5 Å². The van der Waals surface area contributed by atoms with Crippen LogP contribution in [0.25, 0.3) is 0 Å². The number of nitrogens with one attached hydrogen (secondary N) is 1. The molecule has 0 amide bonds. The fourth-order valence-electron chi connectivity index (χ4n) is 1.54. The molecule has 0 fully saturated rings. The predicted octanol–water partition coefficient (Wildman–Crippen LogP) is 2.80. The predicted molar refractivity (Wildman–Crippen MR) is 75.3 cm³/mol. The molecule has 0 bridgehead atoms. The fourth-order valence-corrected chi connectivity index (χ4v) is 5.62. The summed E-state index contributed by atoms with van der Waals surface area (Å²) in [6.07, 6.45) is -4.57. The van der Waals surface area contributed by atoms with Crippen LogP contribution in [-0.4, -0.2) is 39.0 Å². The van der Waals surface area contributed by atoms with Gasteiger partial charge in [0.15, 0.2) is 0 Å². The minimum Gasteiger partial charge on any atom is -0.315 e. The largest absolute Gasteiger partial charge is 0.402 e. The molecule has 1 rings (SSSR count). The Bertz CT molecular complexity index is 557. The maximum absolute atomic E-state index is 12.4. The lowest BCUT2D eigenvalue weighted by Crippen LogP contribution is -2.38. The molecule has 0 radical (unpaired) electrons. The zero-order chi connectivity index (χ0) is 15.6. The number of hydrogen-bond acceptors (Lipinski definition) is 4. The van der Waals surface area contributed by atoms with E-state index in [4.69, 9.17) is 0 Å². The van der Waals surface area contributed by atoms with Gasteiger partial charge in [0.1, 0.15) is 11.4 Å². The van der Waals surface area contributed by atoms with Crippen LogP contribution in [0.15, 0.2) is 14.7 Å². The molecule has 0 atom stereocenters. The summed E-state index contributed by atoms with van der Waals surface area (Å²) in [6.45, 7) is 0.0865. The number of rotatable bonds is 6. The molecular formula is C10H14BrF3N2O2S2. The zero-order valence-corrected chi connectivity index (χ0v) is 14.0. The molecule has 1 aromatic rings. The maximum atomic E-state index is 12.4.